The minimum Gasteiger partial charge on any atom is -0.397 e. The van der Waals surface area contributed by atoms with Crippen LogP contribution in [0.2, 0.25) is 0 Å². The summed E-state index contributed by atoms with van der Waals surface area (Å²) in [5.41, 5.74) is 7.03. The van der Waals surface area contributed by atoms with Crippen LogP contribution in [0.15, 0.2) is 24.3 Å². The van der Waals surface area contributed by atoms with Gasteiger partial charge in [-0.2, -0.15) is 0 Å². The molecule has 1 aliphatic rings. The lowest BCUT2D eigenvalue weighted by Gasteiger charge is -2.38. The van der Waals surface area contributed by atoms with Crippen molar-refractivity contribution in [1.82, 2.24) is 4.90 Å². The van der Waals surface area contributed by atoms with Crippen LogP contribution in [0, 0.1) is 0 Å². The Balaban J connectivity index is 2.00. The summed E-state index contributed by atoms with van der Waals surface area (Å²) in [5.74, 6) is -0.104. The molecular formula is C16H25N3O2. The molecule has 0 aromatic heterocycles. The Bertz CT molecular complexity index is 492. The summed E-state index contributed by atoms with van der Waals surface area (Å²) in [4.78, 5) is 14.3. The Morgan fingerprint density at radius 1 is 1.38 bits per heavy atom. The molecule has 1 aromatic rings. The maximum Gasteiger partial charge on any atom is 0.241 e. The highest BCUT2D eigenvalue weighted by molar-refractivity contribution is 5.97. The Labute approximate surface area is 126 Å². The number of hydrogen-bond donors (Lipinski definition) is 3. The number of benzene rings is 1. The van der Waals surface area contributed by atoms with Crippen LogP contribution in [0.4, 0.5) is 11.4 Å². The van der Waals surface area contributed by atoms with Crippen LogP contribution in [0.3, 0.4) is 0 Å². The van der Waals surface area contributed by atoms with Crippen molar-refractivity contribution in [2.24, 2.45) is 0 Å². The quantitative estimate of drug-likeness (QED) is 0.740. The normalized spacial score (nSPS) is 23.8. The van der Waals surface area contributed by atoms with E-state index in [9.17, 15) is 9.90 Å². The number of nitrogens with zero attached hydrogens (tertiary/aromatic N) is 1. The molecule has 116 valence electrons. The van der Waals surface area contributed by atoms with Crippen LogP contribution in [0.1, 0.15) is 32.6 Å². The van der Waals surface area contributed by atoms with E-state index in [4.69, 9.17) is 5.73 Å². The van der Waals surface area contributed by atoms with Gasteiger partial charge in [0.25, 0.3) is 0 Å². The number of nitrogens with two attached hydrogens (primary N) is 1. The average molecular weight is 291 g/mol. The highest BCUT2D eigenvalue weighted by atomic mass is 16.3. The number of carbonyl (C=O) groups excluding carboxylic acids is 1. The second-order valence-corrected chi connectivity index (χ2v) is 5.84. The molecule has 0 spiro atoms. The largest absolute Gasteiger partial charge is 0.397 e. The predicted molar refractivity (Wildman–Crippen MR) is 85.0 cm³/mol. The first-order valence-electron chi connectivity index (χ1n) is 7.56. The third-order valence-electron chi connectivity index (χ3n) is 4.43. The molecule has 4 N–H and O–H groups in total. The molecular weight excluding hydrogens is 266 g/mol. The van der Waals surface area contributed by atoms with Gasteiger partial charge in [-0.05, 0) is 38.9 Å². The third kappa shape index (κ3) is 3.74. The van der Waals surface area contributed by atoms with Crippen molar-refractivity contribution in [3.05, 3.63) is 24.3 Å². The van der Waals surface area contributed by atoms with Crippen molar-refractivity contribution in [3.8, 4) is 0 Å². The molecule has 0 radical (unpaired) electrons. The number of aliphatic hydroxyl groups is 1. The molecule has 0 bridgehead atoms. The van der Waals surface area contributed by atoms with Crippen LogP contribution in [0.5, 0.6) is 0 Å². The first-order chi connectivity index (χ1) is 10.0. The van der Waals surface area contributed by atoms with Crippen LogP contribution < -0.4 is 11.1 Å². The summed E-state index contributed by atoms with van der Waals surface area (Å²) in [7, 11) is 1.90. The van der Waals surface area contributed by atoms with E-state index < -0.39 is 0 Å². The lowest BCUT2D eigenvalue weighted by Crippen LogP contribution is -2.51. The molecule has 1 saturated carbocycles. The van der Waals surface area contributed by atoms with E-state index in [2.05, 4.69) is 5.32 Å². The number of likely N-dealkylation sites (N-methyl/N-ethyl adjacent to an activating group) is 1. The van der Waals surface area contributed by atoms with E-state index >= 15 is 0 Å². The Kier molecular flexibility index (Phi) is 5.20. The highest BCUT2D eigenvalue weighted by Gasteiger charge is 2.31. The van der Waals surface area contributed by atoms with Gasteiger partial charge in [-0.15, -0.1) is 0 Å². The lowest BCUT2D eigenvalue weighted by molar-refractivity contribution is -0.122. The maximum absolute atomic E-state index is 12.4. The van der Waals surface area contributed by atoms with Crippen molar-refractivity contribution < 1.29 is 9.90 Å². The molecule has 1 amide bonds. The minimum atomic E-state index is -0.346. The number of amides is 1. The van der Waals surface area contributed by atoms with Gasteiger partial charge >= 0.3 is 0 Å². The smallest absolute Gasteiger partial charge is 0.241 e. The van der Waals surface area contributed by atoms with Gasteiger partial charge in [0.15, 0.2) is 0 Å². The summed E-state index contributed by atoms with van der Waals surface area (Å²) in [6.07, 6.45) is 3.57. The first kappa shape index (κ1) is 15.8. The summed E-state index contributed by atoms with van der Waals surface area (Å²) >= 11 is 0. The Hall–Kier alpha value is -1.59. The van der Waals surface area contributed by atoms with Crippen molar-refractivity contribution in [2.45, 2.75) is 50.8 Å². The van der Waals surface area contributed by atoms with Crippen molar-refractivity contribution in [1.29, 1.82) is 0 Å². The summed E-state index contributed by atoms with van der Waals surface area (Å²) in [5, 5.41) is 13.0. The second-order valence-electron chi connectivity index (χ2n) is 5.84. The molecule has 5 heteroatoms. The Morgan fingerprint density at radius 2 is 2.05 bits per heavy atom. The number of para-hydroxylation sites is 2. The minimum absolute atomic E-state index is 0.0487. The number of anilines is 2. The fourth-order valence-electron chi connectivity index (χ4n) is 2.89. The Morgan fingerprint density at radius 3 is 2.71 bits per heavy atom. The number of nitrogens with one attached hydrogen (secondary N) is 1. The van der Waals surface area contributed by atoms with Gasteiger partial charge in [0.05, 0.1) is 23.5 Å². The molecule has 1 fully saturated rings. The average Bonchev–Trinajstić information content (AvgIpc) is 2.48. The van der Waals surface area contributed by atoms with Gasteiger partial charge in [-0.3, -0.25) is 9.69 Å². The first-order valence-corrected chi connectivity index (χ1v) is 7.56. The van der Waals surface area contributed by atoms with Gasteiger partial charge in [-0.25, -0.2) is 0 Å². The second kappa shape index (κ2) is 6.91. The number of carbonyl (C=O) groups is 1. The van der Waals surface area contributed by atoms with Crippen LogP contribution in [-0.4, -0.2) is 41.1 Å². The zero-order valence-corrected chi connectivity index (χ0v) is 12.7. The molecule has 0 heterocycles. The number of nitrogen functional groups attached to an aromatic ring is 1. The highest BCUT2D eigenvalue weighted by Crippen LogP contribution is 2.24. The van der Waals surface area contributed by atoms with Crippen LogP contribution in [0.25, 0.3) is 0 Å². The van der Waals surface area contributed by atoms with Gasteiger partial charge in [0.2, 0.25) is 5.91 Å². The van der Waals surface area contributed by atoms with E-state index in [0.29, 0.717) is 11.4 Å². The third-order valence-corrected chi connectivity index (χ3v) is 4.43. The number of hydrogen-bond acceptors (Lipinski definition) is 4. The van der Waals surface area contributed by atoms with E-state index in [0.717, 1.165) is 25.7 Å². The molecule has 5 nitrogen and oxygen atoms in total. The lowest BCUT2D eigenvalue weighted by atomic mass is 9.91. The maximum atomic E-state index is 12.4. The van der Waals surface area contributed by atoms with Crippen molar-refractivity contribution >= 4 is 17.3 Å². The van der Waals surface area contributed by atoms with Crippen LogP contribution >= 0.6 is 0 Å². The molecule has 1 aromatic carbocycles. The van der Waals surface area contributed by atoms with Gasteiger partial charge in [-0.1, -0.05) is 25.0 Å². The van der Waals surface area contributed by atoms with Gasteiger partial charge in [0.1, 0.15) is 0 Å². The monoisotopic (exact) mass is 291 g/mol. The SMILES string of the molecule is CC(C(=O)Nc1ccccc1N)N(C)C1CCCCC1O. The molecule has 1 aliphatic carbocycles. The molecule has 3 atom stereocenters. The topological polar surface area (TPSA) is 78.6 Å². The van der Waals surface area contributed by atoms with Gasteiger partial charge in [0, 0.05) is 6.04 Å². The van der Waals surface area contributed by atoms with Crippen molar-refractivity contribution in [2.75, 3.05) is 18.1 Å². The van der Waals surface area contributed by atoms with Crippen molar-refractivity contribution in [3.63, 3.8) is 0 Å². The molecule has 21 heavy (non-hydrogen) atoms. The van der Waals surface area contributed by atoms with E-state index in [1.807, 2.05) is 31.0 Å². The van der Waals surface area contributed by atoms with E-state index in [1.54, 1.807) is 12.1 Å². The van der Waals surface area contributed by atoms with Gasteiger partial charge < -0.3 is 16.2 Å². The zero-order chi connectivity index (χ0) is 15.4. The standard InChI is InChI=1S/C16H25N3O2/c1-11(19(2)14-9-5-6-10-15(14)20)16(21)18-13-8-4-3-7-12(13)17/h3-4,7-8,11,14-15,20H,5-6,9-10,17H2,1-2H3,(H,18,21). The molecule has 0 aliphatic heterocycles. The summed E-state index contributed by atoms with van der Waals surface area (Å²) in [6, 6.07) is 6.95. The predicted octanol–water partition coefficient (Wildman–Crippen LogP) is 1.83. The summed E-state index contributed by atoms with van der Waals surface area (Å²) in [6.45, 7) is 1.86. The van der Waals surface area contributed by atoms with E-state index in [1.165, 1.54) is 0 Å². The fraction of sp³-hybridized carbons (Fsp3) is 0.562. The van der Waals surface area contributed by atoms with E-state index in [-0.39, 0.29) is 24.1 Å². The molecule has 3 unspecified atom stereocenters. The summed E-state index contributed by atoms with van der Waals surface area (Å²) < 4.78 is 0. The zero-order valence-electron chi connectivity index (χ0n) is 12.7. The molecule has 2 rings (SSSR count). The number of aliphatic hydroxyl groups excluding tert-OH is 1. The van der Waals surface area contributed by atoms with Crippen LogP contribution in [-0.2, 0) is 4.79 Å². The number of rotatable bonds is 4. The molecule has 0 saturated heterocycles. The fourth-order valence-corrected chi connectivity index (χ4v) is 2.89.